The molecule has 1 atom stereocenters. The molecule has 3 rings (SSSR count). The second kappa shape index (κ2) is 6.17. The smallest absolute Gasteiger partial charge is 0.267 e. The Bertz CT molecular complexity index is 515. The SMILES string of the molecule is COC1CCN(C(=O)c2sc(N3CCNCC3)nc2N)C1. The molecule has 1 amide bonds. The van der Waals surface area contributed by atoms with E-state index in [0.29, 0.717) is 17.2 Å². The van der Waals surface area contributed by atoms with Gasteiger partial charge in [-0.2, -0.15) is 0 Å². The van der Waals surface area contributed by atoms with Crippen molar-refractivity contribution in [1.82, 2.24) is 15.2 Å². The first-order valence-electron chi connectivity index (χ1n) is 7.23. The van der Waals surface area contributed by atoms with Crippen molar-refractivity contribution < 1.29 is 9.53 Å². The van der Waals surface area contributed by atoms with Crippen LogP contribution in [0, 0.1) is 0 Å². The maximum atomic E-state index is 12.6. The average Bonchev–Trinajstić information content (AvgIpc) is 3.14. The number of ether oxygens (including phenoxy) is 1. The Morgan fingerprint density at radius 3 is 2.86 bits per heavy atom. The fourth-order valence-electron chi connectivity index (χ4n) is 2.71. The number of nitrogens with one attached hydrogen (secondary N) is 1. The topological polar surface area (TPSA) is 83.7 Å². The van der Waals surface area contributed by atoms with Gasteiger partial charge in [-0.3, -0.25) is 4.79 Å². The molecular formula is C13H21N5O2S. The molecule has 1 aromatic rings. The second-order valence-electron chi connectivity index (χ2n) is 5.35. The summed E-state index contributed by atoms with van der Waals surface area (Å²) in [5.74, 6) is 0.324. The lowest BCUT2D eigenvalue weighted by atomic mass is 10.3. The minimum Gasteiger partial charge on any atom is -0.382 e. The molecule has 116 valence electrons. The molecule has 0 aromatic carbocycles. The van der Waals surface area contributed by atoms with Gasteiger partial charge in [-0.25, -0.2) is 4.98 Å². The largest absolute Gasteiger partial charge is 0.382 e. The molecule has 2 fully saturated rings. The standard InChI is InChI=1S/C13H21N5O2S/c1-20-9-2-5-18(8-9)12(19)10-11(14)16-13(21-10)17-6-3-15-4-7-17/h9,15H,2-8,14H2,1H3. The molecule has 2 aliphatic heterocycles. The molecule has 0 radical (unpaired) electrons. The van der Waals surface area contributed by atoms with Crippen molar-refractivity contribution in [3.05, 3.63) is 4.88 Å². The van der Waals surface area contributed by atoms with Crippen molar-refractivity contribution in [3.8, 4) is 0 Å². The van der Waals surface area contributed by atoms with Gasteiger partial charge in [0.05, 0.1) is 6.10 Å². The first-order chi connectivity index (χ1) is 10.2. The van der Waals surface area contributed by atoms with E-state index in [4.69, 9.17) is 10.5 Å². The Kier molecular flexibility index (Phi) is 4.27. The molecule has 0 aliphatic carbocycles. The summed E-state index contributed by atoms with van der Waals surface area (Å²) in [5.41, 5.74) is 5.96. The summed E-state index contributed by atoms with van der Waals surface area (Å²) in [6.45, 7) is 5.02. The zero-order valence-corrected chi connectivity index (χ0v) is 13.0. The first kappa shape index (κ1) is 14.6. The summed E-state index contributed by atoms with van der Waals surface area (Å²) in [5, 5.41) is 4.15. The normalized spacial score (nSPS) is 22.8. The zero-order valence-electron chi connectivity index (χ0n) is 12.2. The van der Waals surface area contributed by atoms with E-state index in [1.165, 1.54) is 11.3 Å². The number of aromatic nitrogens is 1. The number of methoxy groups -OCH3 is 1. The van der Waals surface area contributed by atoms with Gasteiger partial charge in [-0.1, -0.05) is 11.3 Å². The lowest BCUT2D eigenvalue weighted by Crippen LogP contribution is -2.43. The minimum atomic E-state index is -0.0223. The Hall–Kier alpha value is -1.38. The predicted molar refractivity (Wildman–Crippen MR) is 82.9 cm³/mol. The number of carbonyl (C=O) groups excluding carboxylic acids is 1. The average molecular weight is 311 g/mol. The molecule has 0 spiro atoms. The number of carbonyl (C=O) groups is 1. The van der Waals surface area contributed by atoms with Gasteiger partial charge in [0.1, 0.15) is 10.7 Å². The molecule has 21 heavy (non-hydrogen) atoms. The van der Waals surface area contributed by atoms with Gasteiger partial charge in [-0.05, 0) is 6.42 Å². The Morgan fingerprint density at radius 1 is 1.43 bits per heavy atom. The Morgan fingerprint density at radius 2 is 2.19 bits per heavy atom. The summed E-state index contributed by atoms with van der Waals surface area (Å²) in [7, 11) is 1.68. The van der Waals surface area contributed by atoms with Gasteiger partial charge in [0.15, 0.2) is 5.13 Å². The van der Waals surface area contributed by atoms with Crippen LogP contribution in [0.4, 0.5) is 10.9 Å². The van der Waals surface area contributed by atoms with Crippen LogP contribution in [0.2, 0.25) is 0 Å². The molecular weight excluding hydrogens is 290 g/mol. The van der Waals surface area contributed by atoms with Crippen LogP contribution in [0.25, 0.3) is 0 Å². The highest BCUT2D eigenvalue weighted by Gasteiger charge is 2.30. The minimum absolute atomic E-state index is 0.0223. The maximum absolute atomic E-state index is 12.6. The number of likely N-dealkylation sites (tertiary alicyclic amines) is 1. The number of nitrogens with zero attached hydrogens (tertiary/aromatic N) is 3. The van der Waals surface area contributed by atoms with Crippen LogP contribution in [-0.4, -0.2) is 68.3 Å². The quantitative estimate of drug-likeness (QED) is 0.817. The summed E-state index contributed by atoms with van der Waals surface area (Å²) >= 11 is 1.40. The van der Waals surface area contributed by atoms with Crippen molar-refractivity contribution in [1.29, 1.82) is 0 Å². The molecule has 2 aliphatic rings. The number of thiazole rings is 1. The molecule has 8 heteroatoms. The third kappa shape index (κ3) is 2.97. The van der Waals surface area contributed by atoms with Gasteiger partial charge in [0.25, 0.3) is 5.91 Å². The third-order valence-corrected chi connectivity index (χ3v) is 5.11. The second-order valence-corrected chi connectivity index (χ2v) is 6.32. The number of hydrogen-bond donors (Lipinski definition) is 2. The van der Waals surface area contributed by atoms with E-state index in [1.807, 2.05) is 0 Å². The zero-order chi connectivity index (χ0) is 14.8. The summed E-state index contributed by atoms with van der Waals surface area (Å²) < 4.78 is 5.31. The van der Waals surface area contributed by atoms with E-state index in [2.05, 4.69) is 15.2 Å². The number of nitrogens with two attached hydrogens (primary N) is 1. The number of rotatable bonds is 3. The van der Waals surface area contributed by atoms with E-state index in [-0.39, 0.29) is 12.0 Å². The number of piperazine rings is 1. The van der Waals surface area contributed by atoms with Crippen LogP contribution in [0.5, 0.6) is 0 Å². The van der Waals surface area contributed by atoms with Crippen LogP contribution in [0.1, 0.15) is 16.1 Å². The van der Waals surface area contributed by atoms with Crippen LogP contribution < -0.4 is 16.0 Å². The van der Waals surface area contributed by atoms with E-state index >= 15 is 0 Å². The predicted octanol–water partition coefficient (Wildman–Crippen LogP) is -0.00420. The van der Waals surface area contributed by atoms with Gasteiger partial charge >= 0.3 is 0 Å². The monoisotopic (exact) mass is 311 g/mol. The molecule has 2 saturated heterocycles. The molecule has 1 aromatic heterocycles. The highest BCUT2D eigenvalue weighted by Crippen LogP contribution is 2.30. The van der Waals surface area contributed by atoms with Crippen molar-refractivity contribution in [2.45, 2.75) is 12.5 Å². The highest BCUT2D eigenvalue weighted by atomic mass is 32.1. The fourth-order valence-corrected chi connectivity index (χ4v) is 3.72. The van der Waals surface area contributed by atoms with Gasteiger partial charge in [0, 0.05) is 46.4 Å². The van der Waals surface area contributed by atoms with Crippen LogP contribution >= 0.6 is 11.3 Å². The van der Waals surface area contributed by atoms with Crippen LogP contribution in [0.3, 0.4) is 0 Å². The Labute approximate surface area is 128 Å². The number of nitrogen functional groups attached to an aromatic ring is 1. The van der Waals surface area contributed by atoms with Crippen LogP contribution in [-0.2, 0) is 4.74 Å². The molecule has 3 N–H and O–H groups in total. The van der Waals surface area contributed by atoms with Crippen molar-refractivity contribution in [2.24, 2.45) is 0 Å². The van der Waals surface area contributed by atoms with E-state index in [9.17, 15) is 4.79 Å². The molecule has 3 heterocycles. The lowest BCUT2D eigenvalue weighted by molar-refractivity contribution is 0.0729. The van der Waals surface area contributed by atoms with E-state index in [0.717, 1.165) is 44.3 Å². The van der Waals surface area contributed by atoms with Gasteiger partial charge < -0.3 is 25.6 Å². The van der Waals surface area contributed by atoms with E-state index in [1.54, 1.807) is 12.0 Å². The number of anilines is 2. The van der Waals surface area contributed by atoms with Crippen molar-refractivity contribution >= 4 is 28.2 Å². The summed E-state index contributed by atoms with van der Waals surface area (Å²) in [6, 6.07) is 0. The number of hydrogen-bond acceptors (Lipinski definition) is 7. The molecule has 0 saturated carbocycles. The first-order valence-corrected chi connectivity index (χ1v) is 8.04. The Balaban J connectivity index is 1.73. The molecule has 0 bridgehead atoms. The highest BCUT2D eigenvalue weighted by molar-refractivity contribution is 7.18. The third-order valence-electron chi connectivity index (χ3n) is 3.99. The molecule has 7 nitrogen and oxygen atoms in total. The van der Waals surface area contributed by atoms with Crippen molar-refractivity contribution in [3.63, 3.8) is 0 Å². The summed E-state index contributed by atoms with van der Waals surface area (Å²) in [4.78, 5) is 21.5. The molecule has 1 unspecified atom stereocenters. The van der Waals surface area contributed by atoms with Crippen molar-refractivity contribution in [2.75, 3.05) is 57.0 Å². The van der Waals surface area contributed by atoms with Gasteiger partial charge in [-0.15, -0.1) is 0 Å². The van der Waals surface area contributed by atoms with Gasteiger partial charge in [0.2, 0.25) is 0 Å². The number of amides is 1. The van der Waals surface area contributed by atoms with Crippen LogP contribution in [0.15, 0.2) is 0 Å². The summed E-state index contributed by atoms with van der Waals surface area (Å²) in [6.07, 6.45) is 1.02. The maximum Gasteiger partial charge on any atom is 0.267 e. The van der Waals surface area contributed by atoms with E-state index < -0.39 is 0 Å². The fraction of sp³-hybridized carbons (Fsp3) is 0.692. The lowest BCUT2D eigenvalue weighted by Gasteiger charge is -2.26.